The molecule has 4 rings (SSSR count). The number of likely N-dealkylation sites (tertiary alicyclic amines) is 1. The molecule has 152 valence electrons. The number of aliphatic hydroxyl groups is 1. The van der Waals surface area contributed by atoms with E-state index in [-0.39, 0.29) is 17.4 Å². The quantitative estimate of drug-likeness (QED) is 0.460. The molecule has 1 N–H and O–H groups in total. The fourth-order valence-electron chi connectivity index (χ4n) is 4.34. The van der Waals surface area contributed by atoms with Crippen LogP contribution >= 0.6 is 0 Å². The zero-order valence-corrected chi connectivity index (χ0v) is 16.5. The Labute approximate surface area is 169 Å². The zero-order valence-electron chi connectivity index (χ0n) is 16.5. The maximum Gasteiger partial charge on any atom is 0.296 e. The van der Waals surface area contributed by atoms with Gasteiger partial charge in [0.15, 0.2) is 0 Å². The van der Waals surface area contributed by atoms with Gasteiger partial charge in [-0.05, 0) is 56.2 Å². The SMILES string of the molecule is CCOc1ccc(/C(O)=C2/C(=O)C(=O)N(C3CCCCC3)C2c2ccco2)cc1. The predicted octanol–water partition coefficient (Wildman–Crippen LogP) is 4.43. The van der Waals surface area contributed by atoms with E-state index in [2.05, 4.69) is 0 Å². The molecule has 29 heavy (non-hydrogen) atoms. The average molecular weight is 395 g/mol. The van der Waals surface area contributed by atoms with E-state index in [1.807, 2.05) is 6.92 Å². The van der Waals surface area contributed by atoms with E-state index in [1.54, 1.807) is 41.3 Å². The Hall–Kier alpha value is -3.02. The Morgan fingerprint density at radius 2 is 1.86 bits per heavy atom. The van der Waals surface area contributed by atoms with Crippen LogP contribution in [0.25, 0.3) is 5.76 Å². The van der Waals surface area contributed by atoms with Gasteiger partial charge in [0.2, 0.25) is 0 Å². The van der Waals surface area contributed by atoms with Crippen molar-refractivity contribution < 1.29 is 23.8 Å². The minimum Gasteiger partial charge on any atom is -0.507 e. The van der Waals surface area contributed by atoms with Gasteiger partial charge in [0.05, 0.1) is 18.4 Å². The van der Waals surface area contributed by atoms with Crippen LogP contribution < -0.4 is 4.74 Å². The first-order valence-electron chi connectivity index (χ1n) is 10.2. The number of ether oxygens (including phenoxy) is 1. The standard InChI is InChI=1S/C23H25NO5/c1-2-28-17-12-10-15(11-13-17)21(25)19-20(18-9-6-14-29-18)24(23(27)22(19)26)16-7-4-3-5-8-16/h6,9-14,16,20,25H,2-5,7-8H2,1H3/b21-19-. The molecular weight excluding hydrogens is 370 g/mol. The lowest BCUT2D eigenvalue weighted by Gasteiger charge is -2.34. The number of furan rings is 1. The third-order valence-electron chi connectivity index (χ3n) is 5.70. The van der Waals surface area contributed by atoms with E-state index in [4.69, 9.17) is 9.15 Å². The van der Waals surface area contributed by atoms with E-state index in [1.165, 1.54) is 6.26 Å². The Morgan fingerprint density at radius 1 is 1.14 bits per heavy atom. The number of amides is 1. The van der Waals surface area contributed by atoms with E-state index in [9.17, 15) is 14.7 Å². The summed E-state index contributed by atoms with van der Waals surface area (Å²) in [5, 5.41) is 11.0. The van der Waals surface area contributed by atoms with Gasteiger partial charge in [-0.1, -0.05) is 19.3 Å². The monoisotopic (exact) mass is 395 g/mol. The number of hydrogen-bond donors (Lipinski definition) is 1. The Balaban J connectivity index is 1.78. The van der Waals surface area contributed by atoms with Gasteiger partial charge >= 0.3 is 0 Å². The van der Waals surface area contributed by atoms with Crippen LogP contribution in [0.2, 0.25) is 0 Å². The second kappa shape index (κ2) is 8.15. The smallest absolute Gasteiger partial charge is 0.296 e. The number of carbonyl (C=O) groups is 2. The summed E-state index contributed by atoms with van der Waals surface area (Å²) >= 11 is 0. The highest BCUT2D eigenvalue weighted by Crippen LogP contribution is 2.43. The molecule has 0 radical (unpaired) electrons. The van der Waals surface area contributed by atoms with Crippen LogP contribution in [0.3, 0.4) is 0 Å². The minimum absolute atomic E-state index is 0.0269. The van der Waals surface area contributed by atoms with Crippen LogP contribution in [0.4, 0.5) is 0 Å². The molecule has 2 aliphatic rings. The average Bonchev–Trinajstić information content (AvgIpc) is 3.36. The van der Waals surface area contributed by atoms with Crippen molar-refractivity contribution in [2.75, 3.05) is 6.61 Å². The molecule has 1 saturated heterocycles. The molecule has 0 bridgehead atoms. The van der Waals surface area contributed by atoms with Crippen LogP contribution in [0.1, 0.15) is 56.4 Å². The van der Waals surface area contributed by atoms with Gasteiger partial charge in [0, 0.05) is 11.6 Å². The second-order valence-electron chi connectivity index (χ2n) is 7.47. The van der Waals surface area contributed by atoms with E-state index < -0.39 is 17.7 Å². The van der Waals surface area contributed by atoms with Crippen molar-refractivity contribution in [3.05, 3.63) is 59.6 Å². The number of carbonyl (C=O) groups excluding carboxylic acids is 2. The summed E-state index contributed by atoms with van der Waals surface area (Å²) in [6.07, 6.45) is 6.42. The van der Waals surface area contributed by atoms with E-state index in [0.29, 0.717) is 23.7 Å². The van der Waals surface area contributed by atoms with Gasteiger partial charge in [-0.2, -0.15) is 0 Å². The summed E-state index contributed by atoms with van der Waals surface area (Å²) in [5.41, 5.74) is 0.548. The number of benzene rings is 1. The van der Waals surface area contributed by atoms with Crippen LogP contribution in [0.15, 0.2) is 52.7 Å². The molecular formula is C23H25NO5. The predicted molar refractivity (Wildman–Crippen MR) is 107 cm³/mol. The number of aliphatic hydroxyl groups excluding tert-OH is 1. The van der Waals surface area contributed by atoms with Gasteiger partial charge in [-0.25, -0.2) is 0 Å². The maximum atomic E-state index is 13.0. The highest BCUT2D eigenvalue weighted by molar-refractivity contribution is 6.46. The Morgan fingerprint density at radius 3 is 2.48 bits per heavy atom. The molecule has 1 atom stereocenters. The number of rotatable bonds is 5. The number of nitrogens with zero attached hydrogens (tertiary/aromatic N) is 1. The molecule has 1 unspecified atom stereocenters. The fraction of sp³-hybridized carbons (Fsp3) is 0.391. The molecule has 2 fully saturated rings. The number of hydrogen-bond acceptors (Lipinski definition) is 5. The van der Waals surface area contributed by atoms with Crippen molar-refractivity contribution in [1.29, 1.82) is 0 Å². The first-order valence-corrected chi connectivity index (χ1v) is 10.2. The summed E-state index contributed by atoms with van der Waals surface area (Å²) in [6, 6.07) is 9.59. The van der Waals surface area contributed by atoms with Crippen molar-refractivity contribution in [3.8, 4) is 5.75 Å². The van der Waals surface area contributed by atoms with Crippen molar-refractivity contribution >= 4 is 17.4 Å². The number of Topliss-reactive ketones (excluding diaryl/α,β-unsaturated/α-hetero) is 1. The van der Waals surface area contributed by atoms with E-state index >= 15 is 0 Å². The lowest BCUT2D eigenvalue weighted by atomic mass is 9.92. The molecule has 1 amide bonds. The highest BCUT2D eigenvalue weighted by Gasteiger charge is 2.50. The third-order valence-corrected chi connectivity index (χ3v) is 5.70. The van der Waals surface area contributed by atoms with Crippen molar-refractivity contribution in [3.63, 3.8) is 0 Å². The molecule has 1 saturated carbocycles. The minimum atomic E-state index is -0.709. The molecule has 6 heteroatoms. The summed E-state index contributed by atoms with van der Waals surface area (Å²) in [4.78, 5) is 27.6. The van der Waals surface area contributed by atoms with Crippen LogP contribution in [-0.4, -0.2) is 34.3 Å². The first-order chi connectivity index (χ1) is 14.1. The molecule has 2 aromatic rings. The molecule has 0 spiro atoms. The molecule has 1 aliphatic carbocycles. The largest absolute Gasteiger partial charge is 0.507 e. The summed E-state index contributed by atoms with van der Waals surface area (Å²) < 4.78 is 11.0. The Kier molecular flexibility index (Phi) is 5.43. The van der Waals surface area contributed by atoms with Gasteiger partial charge < -0.3 is 19.2 Å². The first kappa shape index (κ1) is 19.3. The van der Waals surface area contributed by atoms with Crippen molar-refractivity contribution in [1.82, 2.24) is 4.90 Å². The second-order valence-corrected chi connectivity index (χ2v) is 7.47. The molecule has 1 aliphatic heterocycles. The topological polar surface area (TPSA) is 80.0 Å². The summed E-state index contributed by atoms with van der Waals surface area (Å²) in [6.45, 7) is 2.43. The fourth-order valence-corrected chi connectivity index (χ4v) is 4.34. The van der Waals surface area contributed by atoms with Gasteiger partial charge in [0.1, 0.15) is 23.3 Å². The normalized spacial score (nSPS) is 22.2. The molecule has 6 nitrogen and oxygen atoms in total. The lowest BCUT2D eigenvalue weighted by molar-refractivity contribution is -0.142. The van der Waals surface area contributed by atoms with Crippen molar-refractivity contribution in [2.24, 2.45) is 0 Å². The van der Waals surface area contributed by atoms with Crippen LogP contribution in [0, 0.1) is 0 Å². The van der Waals surface area contributed by atoms with Crippen LogP contribution in [-0.2, 0) is 9.59 Å². The van der Waals surface area contributed by atoms with Gasteiger partial charge in [0.25, 0.3) is 11.7 Å². The van der Waals surface area contributed by atoms with E-state index in [0.717, 1.165) is 32.1 Å². The number of ketones is 1. The van der Waals surface area contributed by atoms with Gasteiger partial charge in [-0.3, -0.25) is 9.59 Å². The molecule has 2 heterocycles. The summed E-state index contributed by atoms with van der Waals surface area (Å²) in [7, 11) is 0. The molecule has 1 aromatic heterocycles. The summed E-state index contributed by atoms with van der Waals surface area (Å²) in [5.74, 6) is -0.253. The Bertz CT molecular complexity index is 907. The zero-order chi connectivity index (χ0) is 20.4. The highest BCUT2D eigenvalue weighted by atomic mass is 16.5. The van der Waals surface area contributed by atoms with Gasteiger partial charge in [-0.15, -0.1) is 0 Å². The molecule has 1 aromatic carbocycles. The third kappa shape index (κ3) is 3.55. The maximum absolute atomic E-state index is 13.0. The van der Waals surface area contributed by atoms with Crippen molar-refractivity contribution in [2.45, 2.75) is 51.1 Å². The van der Waals surface area contributed by atoms with Crippen LogP contribution in [0.5, 0.6) is 5.75 Å². The lowest BCUT2D eigenvalue weighted by Crippen LogP contribution is -2.40.